The van der Waals surface area contributed by atoms with E-state index >= 15 is 0 Å². The van der Waals surface area contributed by atoms with Crippen molar-refractivity contribution < 1.29 is 9.90 Å². The van der Waals surface area contributed by atoms with E-state index < -0.39 is 0 Å². The molecular weight excluding hydrogens is 200 g/mol. The summed E-state index contributed by atoms with van der Waals surface area (Å²) in [6.07, 6.45) is 5.39. The van der Waals surface area contributed by atoms with Crippen LogP contribution in [0.2, 0.25) is 0 Å². The van der Waals surface area contributed by atoms with E-state index in [1.54, 1.807) is 0 Å². The lowest BCUT2D eigenvalue weighted by Gasteiger charge is -2.18. The maximum absolute atomic E-state index is 11.9. The smallest absolute Gasteiger partial charge is 0.162 e. The molecule has 1 unspecified atom stereocenters. The Morgan fingerprint density at radius 1 is 1.31 bits per heavy atom. The van der Waals surface area contributed by atoms with Crippen molar-refractivity contribution in [3.05, 3.63) is 11.8 Å². The molecule has 0 aromatic carbocycles. The van der Waals surface area contributed by atoms with Crippen LogP contribution in [0.4, 0.5) is 0 Å². The standard InChI is InChI=1S/C14H26O2/c1-6-8-9-11(7-2)12(15)10-13(16)14(3,4)5/h10-11,16H,6-9H2,1-5H3. The molecular formula is C14H26O2. The van der Waals surface area contributed by atoms with Gasteiger partial charge in [-0.3, -0.25) is 4.79 Å². The Hall–Kier alpha value is -0.790. The van der Waals surface area contributed by atoms with E-state index in [0.29, 0.717) is 0 Å². The Labute approximate surface area is 99.7 Å². The predicted octanol–water partition coefficient (Wildman–Crippen LogP) is 4.26. The Morgan fingerprint density at radius 3 is 2.25 bits per heavy atom. The second-order valence-corrected chi connectivity index (χ2v) is 5.43. The largest absolute Gasteiger partial charge is 0.512 e. The van der Waals surface area contributed by atoms with E-state index in [4.69, 9.17) is 0 Å². The van der Waals surface area contributed by atoms with E-state index in [2.05, 4.69) is 6.92 Å². The molecule has 0 aliphatic carbocycles. The lowest BCUT2D eigenvalue weighted by molar-refractivity contribution is -0.118. The summed E-state index contributed by atoms with van der Waals surface area (Å²) in [5.74, 6) is 0.334. The Balaban J connectivity index is 4.53. The van der Waals surface area contributed by atoms with Crippen molar-refractivity contribution in [2.24, 2.45) is 11.3 Å². The van der Waals surface area contributed by atoms with Gasteiger partial charge in [-0.25, -0.2) is 0 Å². The van der Waals surface area contributed by atoms with Gasteiger partial charge in [0.1, 0.15) is 5.76 Å². The first-order chi connectivity index (χ1) is 7.32. The van der Waals surface area contributed by atoms with E-state index in [1.807, 2.05) is 27.7 Å². The van der Waals surface area contributed by atoms with Gasteiger partial charge in [-0.2, -0.15) is 0 Å². The number of rotatable bonds is 6. The second kappa shape index (κ2) is 6.72. The summed E-state index contributed by atoms with van der Waals surface area (Å²) < 4.78 is 0. The molecule has 94 valence electrons. The molecule has 0 rings (SSSR count). The molecule has 16 heavy (non-hydrogen) atoms. The summed E-state index contributed by atoms with van der Waals surface area (Å²) in [7, 11) is 0. The van der Waals surface area contributed by atoms with Crippen LogP contribution in [0.25, 0.3) is 0 Å². The van der Waals surface area contributed by atoms with Gasteiger partial charge >= 0.3 is 0 Å². The SMILES string of the molecule is CCCCC(CC)C(=O)C=C(O)C(C)(C)C. The Morgan fingerprint density at radius 2 is 1.88 bits per heavy atom. The zero-order chi connectivity index (χ0) is 12.8. The van der Waals surface area contributed by atoms with E-state index in [1.165, 1.54) is 6.08 Å². The molecule has 0 aromatic rings. The van der Waals surface area contributed by atoms with Crippen LogP contribution in [0, 0.1) is 11.3 Å². The third kappa shape index (κ3) is 5.34. The average Bonchev–Trinajstić information content (AvgIpc) is 2.17. The van der Waals surface area contributed by atoms with Crippen LogP contribution >= 0.6 is 0 Å². The summed E-state index contributed by atoms with van der Waals surface area (Å²) in [5.41, 5.74) is -0.335. The molecule has 0 saturated heterocycles. The molecule has 1 N–H and O–H groups in total. The third-order valence-electron chi connectivity index (χ3n) is 2.85. The van der Waals surface area contributed by atoms with Gasteiger partial charge in [-0.1, -0.05) is 47.5 Å². The molecule has 0 aliphatic heterocycles. The topological polar surface area (TPSA) is 37.3 Å². The van der Waals surface area contributed by atoms with Crippen molar-refractivity contribution >= 4 is 5.78 Å². The highest BCUT2D eigenvalue weighted by Crippen LogP contribution is 2.24. The third-order valence-corrected chi connectivity index (χ3v) is 2.85. The minimum Gasteiger partial charge on any atom is -0.512 e. The van der Waals surface area contributed by atoms with E-state index in [9.17, 15) is 9.90 Å². The van der Waals surface area contributed by atoms with Crippen molar-refractivity contribution in [3.63, 3.8) is 0 Å². The molecule has 0 amide bonds. The summed E-state index contributed by atoms with van der Waals surface area (Å²) in [4.78, 5) is 11.9. The molecule has 0 bridgehead atoms. The quantitative estimate of drug-likeness (QED) is 0.542. The van der Waals surface area contributed by atoms with Crippen molar-refractivity contribution in [2.45, 2.75) is 60.3 Å². The molecule has 0 heterocycles. The maximum Gasteiger partial charge on any atom is 0.162 e. The predicted molar refractivity (Wildman–Crippen MR) is 68.5 cm³/mol. The first-order valence-electron chi connectivity index (χ1n) is 6.27. The number of carbonyl (C=O) groups excluding carboxylic acids is 1. The molecule has 0 saturated carbocycles. The van der Waals surface area contributed by atoms with Crippen molar-refractivity contribution in [1.82, 2.24) is 0 Å². The fourth-order valence-electron chi connectivity index (χ4n) is 1.47. The highest BCUT2D eigenvalue weighted by Gasteiger charge is 2.20. The zero-order valence-electron chi connectivity index (χ0n) is 11.3. The van der Waals surface area contributed by atoms with Crippen LogP contribution in [-0.4, -0.2) is 10.9 Å². The summed E-state index contributed by atoms with van der Waals surface area (Å²) in [5, 5.41) is 9.77. The number of aliphatic hydroxyl groups excluding tert-OH is 1. The molecule has 1 atom stereocenters. The molecule has 0 radical (unpaired) electrons. The summed E-state index contributed by atoms with van der Waals surface area (Å²) in [6, 6.07) is 0. The van der Waals surface area contributed by atoms with Crippen molar-refractivity contribution in [3.8, 4) is 0 Å². The number of unbranched alkanes of at least 4 members (excludes halogenated alkanes) is 1. The van der Waals surface area contributed by atoms with Gasteiger partial charge in [-0.15, -0.1) is 0 Å². The molecule has 2 nitrogen and oxygen atoms in total. The number of hydrogen-bond acceptors (Lipinski definition) is 2. The minimum absolute atomic E-state index is 0.0726. The lowest BCUT2D eigenvalue weighted by atomic mass is 9.89. The Bertz CT molecular complexity index is 246. The highest BCUT2D eigenvalue weighted by molar-refractivity contribution is 5.92. The maximum atomic E-state index is 11.9. The van der Waals surface area contributed by atoms with Gasteiger partial charge in [0.25, 0.3) is 0 Å². The summed E-state index contributed by atoms with van der Waals surface area (Å²) in [6.45, 7) is 9.86. The van der Waals surface area contributed by atoms with Gasteiger partial charge in [0.2, 0.25) is 0 Å². The van der Waals surface area contributed by atoms with Crippen molar-refractivity contribution in [1.29, 1.82) is 0 Å². The second-order valence-electron chi connectivity index (χ2n) is 5.43. The lowest BCUT2D eigenvalue weighted by Crippen LogP contribution is -2.16. The number of carbonyl (C=O) groups is 1. The van der Waals surface area contributed by atoms with Crippen LogP contribution in [0.1, 0.15) is 60.3 Å². The first kappa shape index (κ1) is 15.2. The van der Waals surface area contributed by atoms with Gasteiger partial charge in [0, 0.05) is 17.4 Å². The molecule has 2 heteroatoms. The van der Waals surface area contributed by atoms with Crippen LogP contribution in [-0.2, 0) is 4.79 Å². The molecule has 0 fully saturated rings. The van der Waals surface area contributed by atoms with Crippen LogP contribution < -0.4 is 0 Å². The van der Waals surface area contributed by atoms with Gasteiger partial charge < -0.3 is 5.11 Å². The minimum atomic E-state index is -0.335. The van der Waals surface area contributed by atoms with E-state index in [-0.39, 0.29) is 22.9 Å². The van der Waals surface area contributed by atoms with Crippen molar-refractivity contribution in [2.75, 3.05) is 0 Å². The zero-order valence-corrected chi connectivity index (χ0v) is 11.3. The number of hydrogen-bond donors (Lipinski definition) is 1. The van der Waals surface area contributed by atoms with Gasteiger partial charge in [-0.05, 0) is 12.8 Å². The van der Waals surface area contributed by atoms with Gasteiger partial charge in [0.15, 0.2) is 5.78 Å². The fourth-order valence-corrected chi connectivity index (χ4v) is 1.47. The average molecular weight is 226 g/mol. The monoisotopic (exact) mass is 226 g/mol. The fraction of sp³-hybridized carbons (Fsp3) is 0.786. The normalized spacial score (nSPS) is 14.9. The summed E-state index contributed by atoms with van der Waals surface area (Å²) >= 11 is 0. The molecule has 0 spiro atoms. The highest BCUT2D eigenvalue weighted by atomic mass is 16.3. The van der Waals surface area contributed by atoms with Crippen LogP contribution in [0.15, 0.2) is 11.8 Å². The number of ketones is 1. The molecule has 0 aromatic heterocycles. The first-order valence-corrected chi connectivity index (χ1v) is 6.27. The number of aliphatic hydroxyl groups is 1. The van der Waals surface area contributed by atoms with Crippen LogP contribution in [0.3, 0.4) is 0 Å². The molecule has 0 aliphatic rings. The Kier molecular flexibility index (Phi) is 6.39. The number of allylic oxidation sites excluding steroid dienone is 2. The van der Waals surface area contributed by atoms with Crippen LogP contribution in [0.5, 0.6) is 0 Å². The van der Waals surface area contributed by atoms with E-state index in [0.717, 1.165) is 25.7 Å². The van der Waals surface area contributed by atoms with Gasteiger partial charge in [0.05, 0.1) is 0 Å².